The number of piperazine rings is 1. The standard InChI is InChI=1S/C18H18ClN5S/c19-18-21-16(15-12-4-3-5-13(12)25-17(15)22-18)24-10-8-23(9-11-24)14-6-1-2-7-20-14/h1-2,6-7H,3-5,8-11H2. The molecule has 2 aliphatic rings. The molecule has 1 fully saturated rings. The average molecular weight is 372 g/mol. The number of anilines is 2. The Balaban J connectivity index is 1.46. The molecule has 0 atom stereocenters. The molecule has 5 rings (SSSR count). The molecule has 1 aliphatic heterocycles. The number of nitrogens with zero attached hydrogens (tertiary/aromatic N) is 5. The van der Waals surface area contributed by atoms with Gasteiger partial charge in [-0.1, -0.05) is 6.07 Å². The number of thiophene rings is 1. The summed E-state index contributed by atoms with van der Waals surface area (Å²) in [6, 6.07) is 6.06. The molecule has 0 bridgehead atoms. The van der Waals surface area contributed by atoms with Gasteiger partial charge in [-0.2, -0.15) is 4.98 Å². The Labute approximate surface area is 155 Å². The highest BCUT2D eigenvalue weighted by Gasteiger charge is 2.26. The zero-order chi connectivity index (χ0) is 16.8. The lowest BCUT2D eigenvalue weighted by Crippen LogP contribution is -2.47. The normalized spacial score (nSPS) is 17.3. The van der Waals surface area contributed by atoms with Gasteiger partial charge in [0.15, 0.2) is 0 Å². The molecule has 0 amide bonds. The van der Waals surface area contributed by atoms with Gasteiger partial charge in [0.2, 0.25) is 5.28 Å². The van der Waals surface area contributed by atoms with Gasteiger partial charge in [0, 0.05) is 37.3 Å². The third kappa shape index (κ3) is 2.64. The first-order valence-electron chi connectivity index (χ1n) is 8.68. The van der Waals surface area contributed by atoms with Crippen LogP contribution in [0.15, 0.2) is 24.4 Å². The van der Waals surface area contributed by atoms with Crippen molar-refractivity contribution in [2.24, 2.45) is 0 Å². The van der Waals surface area contributed by atoms with Crippen LogP contribution in [0.25, 0.3) is 10.2 Å². The quantitative estimate of drug-likeness (QED) is 0.644. The van der Waals surface area contributed by atoms with Crippen LogP contribution in [-0.2, 0) is 12.8 Å². The second kappa shape index (κ2) is 6.11. The van der Waals surface area contributed by atoms with E-state index >= 15 is 0 Å². The first-order chi connectivity index (χ1) is 12.3. The number of aromatic nitrogens is 3. The molecule has 0 N–H and O–H groups in total. The van der Waals surface area contributed by atoms with E-state index in [9.17, 15) is 0 Å². The van der Waals surface area contributed by atoms with Gasteiger partial charge in [-0.15, -0.1) is 11.3 Å². The number of hydrogen-bond acceptors (Lipinski definition) is 6. The van der Waals surface area contributed by atoms with Crippen molar-refractivity contribution < 1.29 is 0 Å². The smallest absolute Gasteiger partial charge is 0.225 e. The van der Waals surface area contributed by atoms with E-state index in [-0.39, 0.29) is 0 Å². The van der Waals surface area contributed by atoms with Crippen molar-refractivity contribution in [2.75, 3.05) is 36.0 Å². The Hall–Kier alpha value is -1.92. The van der Waals surface area contributed by atoms with Crippen LogP contribution in [0.4, 0.5) is 11.6 Å². The van der Waals surface area contributed by atoms with Crippen LogP contribution in [0.3, 0.4) is 0 Å². The SMILES string of the molecule is Clc1nc(N2CCN(c3ccccn3)CC2)c2c3c(sc2n1)CCC3. The zero-order valence-corrected chi connectivity index (χ0v) is 15.4. The van der Waals surface area contributed by atoms with Gasteiger partial charge in [-0.3, -0.25) is 0 Å². The fraction of sp³-hybridized carbons (Fsp3) is 0.389. The van der Waals surface area contributed by atoms with E-state index in [4.69, 9.17) is 11.6 Å². The molecule has 7 heteroatoms. The minimum atomic E-state index is 0.356. The fourth-order valence-electron chi connectivity index (χ4n) is 3.87. The maximum Gasteiger partial charge on any atom is 0.225 e. The topological polar surface area (TPSA) is 45.2 Å². The minimum absolute atomic E-state index is 0.356. The number of pyridine rings is 1. The molecule has 0 radical (unpaired) electrons. The summed E-state index contributed by atoms with van der Waals surface area (Å²) in [6.07, 6.45) is 5.40. The summed E-state index contributed by atoms with van der Waals surface area (Å²) in [7, 11) is 0. The summed E-state index contributed by atoms with van der Waals surface area (Å²) in [5, 5.41) is 1.60. The average Bonchev–Trinajstić information content (AvgIpc) is 3.22. The molecule has 5 nitrogen and oxygen atoms in total. The number of halogens is 1. The maximum atomic E-state index is 6.23. The van der Waals surface area contributed by atoms with Gasteiger partial charge in [0.1, 0.15) is 16.5 Å². The van der Waals surface area contributed by atoms with Crippen molar-refractivity contribution in [3.05, 3.63) is 40.1 Å². The van der Waals surface area contributed by atoms with Crippen LogP contribution in [0.1, 0.15) is 16.9 Å². The van der Waals surface area contributed by atoms with E-state index in [1.54, 1.807) is 11.3 Å². The first-order valence-corrected chi connectivity index (χ1v) is 9.88. The molecule has 3 aromatic heterocycles. The van der Waals surface area contributed by atoms with Crippen LogP contribution in [0, 0.1) is 0 Å². The van der Waals surface area contributed by atoms with E-state index in [1.165, 1.54) is 28.7 Å². The third-order valence-corrected chi connectivity index (χ3v) is 6.43. The highest BCUT2D eigenvalue weighted by Crippen LogP contribution is 2.41. The lowest BCUT2D eigenvalue weighted by molar-refractivity contribution is 0.643. The number of rotatable bonds is 2. The third-order valence-electron chi connectivity index (χ3n) is 5.07. The van der Waals surface area contributed by atoms with Gasteiger partial charge in [-0.25, -0.2) is 9.97 Å². The van der Waals surface area contributed by atoms with Crippen molar-refractivity contribution in [1.29, 1.82) is 0 Å². The molecular formula is C18H18ClN5S. The summed E-state index contributed by atoms with van der Waals surface area (Å²) in [4.78, 5) is 20.8. The van der Waals surface area contributed by atoms with Gasteiger partial charge < -0.3 is 9.80 Å². The lowest BCUT2D eigenvalue weighted by Gasteiger charge is -2.36. The molecule has 1 aliphatic carbocycles. The van der Waals surface area contributed by atoms with Crippen LogP contribution < -0.4 is 9.80 Å². The Morgan fingerprint density at radius 1 is 1.00 bits per heavy atom. The van der Waals surface area contributed by atoms with Crippen LogP contribution in [0.5, 0.6) is 0 Å². The monoisotopic (exact) mass is 371 g/mol. The molecule has 0 unspecified atom stereocenters. The number of aryl methyl sites for hydroxylation is 2. The summed E-state index contributed by atoms with van der Waals surface area (Å²) >= 11 is 8.02. The van der Waals surface area contributed by atoms with Gasteiger partial charge in [0.05, 0.1) is 5.39 Å². The lowest BCUT2D eigenvalue weighted by atomic mass is 10.1. The first kappa shape index (κ1) is 15.3. The Bertz CT molecular complexity index is 918. The second-order valence-corrected chi connectivity index (χ2v) is 7.94. The predicted molar refractivity (Wildman–Crippen MR) is 103 cm³/mol. The zero-order valence-electron chi connectivity index (χ0n) is 13.8. The molecule has 128 valence electrons. The van der Waals surface area contributed by atoms with E-state index in [1.807, 2.05) is 18.3 Å². The Morgan fingerprint density at radius 2 is 1.84 bits per heavy atom. The van der Waals surface area contributed by atoms with Gasteiger partial charge in [-0.05, 0) is 48.6 Å². The van der Waals surface area contributed by atoms with Crippen molar-refractivity contribution in [1.82, 2.24) is 15.0 Å². The molecule has 0 spiro atoms. The highest BCUT2D eigenvalue weighted by molar-refractivity contribution is 7.19. The summed E-state index contributed by atoms with van der Waals surface area (Å²) in [5.74, 6) is 2.07. The van der Waals surface area contributed by atoms with Crippen molar-refractivity contribution >= 4 is 44.8 Å². The van der Waals surface area contributed by atoms with Crippen molar-refractivity contribution in [3.8, 4) is 0 Å². The molecule has 0 aromatic carbocycles. The summed E-state index contributed by atoms with van der Waals surface area (Å²) in [6.45, 7) is 3.71. The van der Waals surface area contributed by atoms with Crippen LogP contribution >= 0.6 is 22.9 Å². The van der Waals surface area contributed by atoms with Crippen LogP contribution in [-0.4, -0.2) is 41.1 Å². The molecule has 25 heavy (non-hydrogen) atoms. The summed E-state index contributed by atoms with van der Waals surface area (Å²) < 4.78 is 0. The predicted octanol–water partition coefficient (Wildman–Crippen LogP) is 3.56. The molecular weight excluding hydrogens is 354 g/mol. The Morgan fingerprint density at radius 3 is 2.64 bits per heavy atom. The minimum Gasteiger partial charge on any atom is -0.353 e. The fourth-order valence-corrected chi connectivity index (χ4v) is 5.34. The van der Waals surface area contributed by atoms with Gasteiger partial charge >= 0.3 is 0 Å². The van der Waals surface area contributed by atoms with Gasteiger partial charge in [0.25, 0.3) is 0 Å². The molecule has 4 heterocycles. The van der Waals surface area contributed by atoms with Crippen molar-refractivity contribution in [3.63, 3.8) is 0 Å². The molecule has 0 saturated carbocycles. The van der Waals surface area contributed by atoms with E-state index in [0.29, 0.717) is 5.28 Å². The van der Waals surface area contributed by atoms with E-state index in [0.717, 1.165) is 49.1 Å². The van der Waals surface area contributed by atoms with Crippen LogP contribution in [0.2, 0.25) is 5.28 Å². The number of fused-ring (bicyclic) bond motifs is 3. The largest absolute Gasteiger partial charge is 0.353 e. The molecule has 3 aromatic rings. The maximum absolute atomic E-state index is 6.23. The van der Waals surface area contributed by atoms with E-state index < -0.39 is 0 Å². The van der Waals surface area contributed by atoms with Crippen molar-refractivity contribution in [2.45, 2.75) is 19.3 Å². The molecule has 1 saturated heterocycles. The second-order valence-electron chi connectivity index (χ2n) is 6.52. The summed E-state index contributed by atoms with van der Waals surface area (Å²) in [5.41, 5.74) is 1.46. The number of hydrogen-bond donors (Lipinski definition) is 0. The highest BCUT2D eigenvalue weighted by atomic mass is 35.5. The van der Waals surface area contributed by atoms with E-state index in [2.05, 4.69) is 30.8 Å². The Kier molecular flexibility index (Phi) is 3.75.